The number of furan rings is 1. The third-order valence-electron chi connectivity index (χ3n) is 3.36. The number of amides is 1. The zero-order chi connectivity index (χ0) is 15.9. The van der Waals surface area contributed by atoms with Gasteiger partial charge in [-0.1, -0.05) is 12.1 Å². The van der Waals surface area contributed by atoms with Crippen LogP contribution in [-0.4, -0.2) is 31.6 Å². The number of rotatable bonds is 7. The summed E-state index contributed by atoms with van der Waals surface area (Å²) in [7, 11) is 3.22. The average Bonchev–Trinajstić information content (AvgIpc) is 3.01. The Morgan fingerprint density at radius 1 is 1.14 bits per heavy atom. The first-order valence-electron chi connectivity index (χ1n) is 7.17. The minimum Gasteiger partial charge on any atom is -0.497 e. The third-order valence-corrected chi connectivity index (χ3v) is 3.36. The van der Waals surface area contributed by atoms with Crippen molar-refractivity contribution in [1.29, 1.82) is 0 Å². The molecule has 22 heavy (non-hydrogen) atoms. The lowest BCUT2D eigenvalue weighted by molar-refractivity contribution is 0.0712. The standard InChI is InChI=1S/C17H21NO4/c1-4-18(11-13-5-7-14(21-3)8-6-13)17(19)16-10-9-15(22-16)12-20-2/h5-10H,4,11-12H2,1-3H3. The lowest BCUT2D eigenvalue weighted by Crippen LogP contribution is -2.30. The molecule has 0 atom stereocenters. The Labute approximate surface area is 130 Å². The fourth-order valence-corrected chi connectivity index (χ4v) is 2.15. The van der Waals surface area contributed by atoms with Crippen LogP contribution in [0.2, 0.25) is 0 Å². The first kappa shape index (κ1) is 16.1. The Hall–Kier alpha value is -2.27. The maximum Gasteiger partial charge on any atom is 0.289 e. The normalized spacial score (nSPS) is 10.5. The number of benzene rings is 1. The molecule has 0 aliphatic rings. The van der Waals surface area contributed by atoms with Gasteiger partial charge in [0.1, 0.15) is 18.1 Å². The smallest absolute Gasteiger partial charge is 0.289 e. The van der Waals surface area contributed by atoms with E-state index < -0.39 is 0 Å². The molecule has 1 aromatic carbocycles. The van der Waals surface area contributed by atoms with Crippen molar-refractivity contribution in [1.82, 2.24) is 4.90 Å². The summed E-state index contributed by atoms with van der Waals surface area (Å²) in [5.41, 5.74) is 1.04. The van der Waals surface area contributed by atoms with E-state index in [4.69, 9.17) is 13.9 Å². The Kier molecular flexibility index (Phi) is 5.61. The van der Waals surface area contributed by atoms with Crippen molar-refractivity contribution in [3.8, 4) is 5.75 Å². The molecule has 0 aliphatic carbocycles. The maximum absolute atomic E-state index is 12.5. The molecule has 0 spiro atoms. The SMILES string of the molecule is CCN(Cc1ccc(OC)cc1)C(=O)c1ccc(COC)o1. The summed E-state index contributed by atoms with van der Waals surface area (Å²) in [5.74, 6) is 1.66. The summed E-state index contributed by atoms with van der Waals surface area (Å²) >= 11 is 0. The van der Waals surface area contributed by atoms with Gasteiger partial charge < -0.3 is 18.8 Å². The number of hydrogen-bond donors (Lipinski definition) is 0. The Morgan fingerprint density at radius 3 is 2.45 bits per heavy atom. The van der Waals surface area contributed by atoms with Crippen molar-refractivity contribution in [2.75, 3.05) is 20.8 Å². The highest BCUT2D eigenvalue weighted by Crippen LogP contribution is 2.16. The minimum absolute atomic E-state index is 0.124. The van der Waals surface area contributed by atoms with Crippen LogP contribution in [0.5, 0.6) is 5.75 Å². The number of carbonyl (C=O) groups is 1. The minimum atomic E-state index is -0.124. The van der Waals surface area contributed by atoms with Gasteiger partial charge in [0, 0.05) is 20.2 Å². The van der Waals surface area contributed by atoms with Gasteiger partial charge in [-0.2, -0.15) is 0 Å². The predicted octanol–water partition coefficient (Wildman–Crippen LogP) is 3.10. The summed E-state index contributed by atoms with van der Waals surface area (Å²) in [5, 5.41) is 0. The Bertz CT molecular complexity index is 603. The number of nitrogens with zero attached hydrogens (tertiary/aromatic N) is 1. The van der Waals surface area contributed by atoms with Gasteiger partial charge in [-0.05, 0) is 36.8 Å². The summed E-state index contributed by atoms with van der Waals surface area (Å²) in [6, 6.07) is 11.1. The monoisotopic (exact) mass is 303 g/mol. The van der Waals surface area contributed by atoms with Crippen molar-refractivity contribution < 1.29 is 18.7 Å². The molecule has 118 valence electrons. The number of ether oxygens (including phenoxy) is 2. The molecule has 2 aromatic rings. The van der Waals surface area contributed by atoms with E-state index >= 15 is 0 Å². The fraction of sp³-hybridized carbons (Fsp3) is 0.353. The van der Waals surface area contributed by atoms with Crippen LogP contribution in [0, 0.1) is 0 Å². The van der Waals surface area contributed by atoms with Gasteiger partial charge in [0.2, 0.25) is 0 Å². The molecule has 0 saturated carbocycles. The van der Waals surface area contributed by atoms with Crippen LogP contribution in [-0.2, 0) is 17.9 Å². The van der Waals surface area contributed by atoms with E-state index in [1.165, 1.54) is 0 Å². The second-order valence-corrected chi connectivity index (χ2v) is 4.87. The first-order valence-corrected chi connectivity index (χ1v) is 7.17. The van der Waals surface area contributed by atoms with Crippen molar-refractivity contribution in [2.24, 2.45) is 0 Å². The molecular weight excluding hydrogens is 282 g/mol. The molecule has 0 N–H and O–H groups in total. The Balaban J connectivity index is 2.07. The number of hydrogen-bond acceptors (Lipinski definition) is 4. The van der Waals surface area contributed by atoms with Gasteiger partial charge in [0.15, 0.2) is 5.76 Å². The molecule has 1 heterocycles. The van der Waals surface area contributed by atoms with Gasteiger partial charge in [0.05, 0.1) is 7.11 Å². The summed E-state index contributed by atoms with van der Waals surface area (Å²) < 4.78 is 15.6. The highest BCUT2D eigenvalue weighted by molar-refractivity contribution is 5.91. The van der Waals surface area contributed by atoms with Crippen molar-refractivity contribution in [3.63, 3.8) is 0 Å². The molecule has 0 bridgehead atoms. The molecular formula is C17H21NO4. The summed E-state index contributed by atoms with van der Waals surface area (Å²) in [6.07, 6.45) is 0. The van der Waals surface area contributed by atoms with E-state index in [2.05, 4.69) is 0 Å². The lowest BCUT2D eigenvalue weighted by atomic mass is 10.2. The van der Waals surface area contributed by atoms with Gasteiger partial charge in [-0.15, -0.1) is 0 Å². The van der Waals surface area contributed by atoms with Gasteiger partial charge in [-0.25, -0.2) is 0 Å². The van der Waals surface area contributed by atoms with Crippen LogP contribution in [0.15, 0.2) is 40.8 Å². The summed E-state index contributed by atoms with van der Waals surface area (Å²) in [6.45, 7) is 3.43. The first-order chi connectivity index (χ1) is 10.7. The topological polar surface area (TPSA) is 51.9 Å². The van der Waals surface area contributed by atoms with Crippen LogP contribution in [0.3, 0.4) is 0 Å². The molecule has 2 rings (SSSR count). The molecule has 0 radical (unpaired) electrons. The molecule has 1 amide bonds. The van der Waals surface area contributed by atoms with Crippen molar-refractivity contribution in [2.45, 2.75) is 20.1 Å². The lowest BCUT2D eigenvalue weighted by Gasteiger charge is -2.20. The van der Waals surface area contributed by atoms with Crippen LogP contribution in [0.25, 0.3) is 0 Å². The largest absolute Gasteiger partial charge is 0.497 e. The van der Waals surface area contributed by atoms with Gasteiger partial charge >= 0.3 is 0 Å². The average molecular weight is 303 g/mol. The zero-order valence-electron chi connectivity index (χ0n) is 13.2. The van der Waals surface area contributed by atoms with Gasteiger partial charge in [-0.3, -0.25) is 4.79 Å². The maximum atomic E-state index is 12.5. The fourth-order valence-electron chi connectivity index (χ4n) is 2.15. The van der Waals surface area contributed by atoms with Crippen LogP contribution >= 0.6 is 0 Å². The third kappa shape index (κ3) is 3.89. The Morgan fingerprint density at radius 2 is 1.86 bits per heavy atom. The molecule has 5 nitrogen and oxygen atoms in total. The van der Waals surface area contributed by atoms with Crippen molar-refractivity contribution >= 4 is 5.91 Å². The molecule has 0 aliphatic heterocycles. The van der Waals surface area contributed by atoms with Crippen LogP contribution in [0.4, 0.5) is 0 Å². The van der Waals surface area contributed by atoms with E-state index in [9.17, 15) is 4.79 Å². The van der Waals surface area contributed by atoms with E-state index in [0.29, 0.717) is 31.2 Å². The highest BCUT2D eigenvalue weighted by atomic mass is 16.5. The molecule has 5 heteroatoms. The molecule has 1 aromatic heterocycles. The van der Waals surface area contributed by atoms with Gasteiger partial charge in [0.25, 0.3) is 5.91 Å². The molecule has 0 fully saturated rings. The second-order valence-electron chi connectivity index (χ2n) is 4.87. The molecule has 0 unspecified atom stereocenters. The molecule has 0 saturated heterocycles. The zero-order valence-corrected chi connectivity index (χ0v) is 13.2. The van der Waals surface area contributed by atoms with E-state index in [1.807, 2.05) is 31.2 Å². The van der Waals surface area contributed by atoms with Crippen molar-refractivity contribution in [3.05, 3.63) is 53.5 Å². The predicted molar refractivity (Wildman–Crippen MR) is 82.8 cm³/mol. The van der Waals surface area contributed by atoms with E-state index in [0.717, 1.165) is 11.3 Å². The summed E-state index contributed by atoms with van der Waals surface area (Å²) in [4.78, 5) is 14.2. The second kappa shape index (κ2) is 7.66. The number of carbonyl (C=O) groups excluding carboxylic acids is 1. The van der Waals surface area contributed by atoms with E-state index in [-0.39, 0.29) is 5.91 Å². The highest BCUT2D eigenvalue weighted by Gasteiger charge is 2.18. The van der Waals surface area contributed by atoms with E-state index in [1.54, 1.807) is 31.3 Å². The number of methoxy groups -OCH3 is 2. The van der Waals surface area contributed by atoms with Crippen LogP contribution < -0.4 is 4.74 Å². The quantitative estimate of drug-likeness (QED) is 0.788. The van der Waals surface area contributed by atoms with Crippen LogP contribution in [0.1, 0.15) is 28.8 Å².